The molecule has 4 unspecified atom stereocenters. The Hall–Kier alpha value is -0.640. The van der Waals surface area contributed by atoms with Crippen LogP contribution in [0.1, 0.15) is 59.2 Å². The van der Waals surface area contributed by atoms with E-state index in [4.69, 9.17) is 0 Å². The van der Waals surface area contributed by atoms with Crippen LogP contribution in [0.25, 0.3) is 0 Å². The van der Waals surface area contributed by atoms with Crippen LogP contribution in [0, 0.1) is 17.8 Å². The lowest BCUT2D eigenvalue weighted by Crippen LogP contribution is -2.30. The Morgan fingerprint density at radius 2 is 2.05 bits per heavy atom. The Balaban J connectivity index is 1.63. The molecule has 106 valence electrons. The van der Waals surface area contributed by atoms with Crippen molar-refractivity contribution in [2.24, 2.45) is 17.8 Å². The van der Waals surface area contributed by atoms with E-state index in [0.29, 0.717) is 6.04 Å². The van der Waals surface area contributed by atoms with Crippen molar-refractivity contribution in [2.45, 2.75) is 64.8 Å². The quantitative estimate of drug-likeness (QED) is 0.906. The fourth-order valence-electron chi connectivity index (χ4n) is 3.79. The summed E-state index contributed by atoms with van der Waals surface area (Å²) < 4.78 is 4.48. The highest BCUT2D eigenvalue weighted by Gasteiger charge is 2.42. The number of aromatic nitrogens is 2. The van der Waals surface area contributed by atoms with Crippen molar-refractivity contribution in [3.8, 4) is 0 Å². The van der Waals surface area contributed by atoms with E-state index in [1.807, 2.05) is 0 Å². The fourth-order valence-corrected chi connectivity index (χ4v) is 4.65. The molecule has 3 rings (SSSR count). The number of rotatable bonds is 3. The molecule has 0 saturated heterocycles. The summed E-state index contributed by atoms with van der Waals surface area (Å²) >= 11 is 1.51. The van der Waals surface area contributed by atoms with Crippen molar-refractivity contribution >= 4 is 16.7 Å². The third-order valence-electron chi connectivity index (χ3n) is 4.88. The van der Waals surface area contributed by atoms with E-state index in [1.165, 1.54) is 37.2 Å². The molecule has 2 bridgehead atoms. The molecule has 0 aromatic carbocycles. The van der Waals surface area contributed by atoms with E-state index in [2.05, 4.69) is 42.4 Å². The van der Waals surface area contributed by atoms with Gasteiger partial charge < -0.3 is 5.32 Å². The standard InChI is InChI=1S/C15H25N3S/c1-9(12-8-10-5-6-11(12)7-10)16-14-17-13(18-19-14)15(2,3)4/h9-12H,5-8H2,1-4H3,(H,16,17,18). The summed E-state index contributed by atoms with van der Waals surface area (Å²) in [6.07, 6.45) is 5.81. The topological polar surface area (TPSA) is 37.8 Å². The molecular formula is C15H25N3S. The number of hydrogen-bond donors (Lipinski definition) is 1. The van der Waals surface area contributed by atoms with E-state index < -0.39 is 0 Å². The third kappa shape index (κ3) is 2.64. The summed E-state index contributed by atoms with van der Waals surface area (Å²) in [5.41, 5.74) is 0.0477. The van der Waals surface area contributed by atoms with Gasteiger partial charge in [0.05, 0.1) is 0 Å². The molecular weight excluding hydrogens is 254 g/mol. The molecule has 0 spiro atoms. The largest absolute Gasteiger partial charge is 0.358 e. The van der Waals surface area contributed by atoms with Crippen LogP contribution < -0.4 is 5.32 Å². The van der Waals surface area contributed by atoms with Crippen LogP contribution in [0.2, 0.25) is 0 Å². The van der Waals surface area contributed by atoms with Crippen LogP contribution in [0.15, 0.2) is 0 Å². The van der Waals surface area contributed by atoms with Gasteiger partial charge >= 0.3 is 0 Å². The Labute approximate surface area is 120 Å². The molecule has 19 heavy (non-hydrogen) atoms. The van der Waals surface area contributed by atoms with Crippen molar-refractivity contribution in [3.05, 3.63) is 5.82 Å². The molecule has 0 radical (unpaired) electrons. The van der Waals surface area contributed by atoms with Gasteiger partial charge in [0, 0.05) is 23.0 Å². The molecule has 1 heterocycles. The summed E-state index contributed by atoms with van der Waals surface area (Å²) in [4.78, 5) is 4.65. The van der Waals surface area contributed by atoms with Crippen LogP contribution in [-0.2, 0) is 5.41 Å². The van der Waals surface area contributed by atoms with E-state index in [-0.39, 0.29) is 5.41 Å². The highest BCUT2D eigenvalue weighted by Crippen LogP contribution is 2.49. The van der Waals surface area contributed by atoms with Gasteiger partial charge in [-0.15, -0.1) is 0 Å². The maximum absolute atomic E-state index is 4.65. The fraction of sp³-hybridized carbons (Fsp3) is 0.867. The molecule has 4 atom stereocenters. The molecule has 0 amide bonds. The first-order chi connectivity index (χ1) is 8.93. The average Bonchev–Trinajstić information content (AvgIpc) is 3.02. The first-order valence-corrected chi connectivity index (χ1v) is 8.31. The average molecular weight is 279 g/mol. The van der Waals surface area contributed by atoms with Crippen molar-refractivity contribution in [2.75, 3.05) is 5.32 Å². The monoisotopic (exact) mass is 279 g/mol. The maximum Gasteiger partial charge on any atom is 0.202 e. The number of fused-ring (bicyclic) bond motifs is 2. The van der Waals surface area contributed by atoms with Gasteiger partial charge in [0.15, 0.2) is 0 Å². The highest BCUT2D eigenvalue weighted by molar-refractivity contribution is 7.09. The first-order valence-electron chi connectivity index (χ1n) is 7.54. The highest BCUT2D eigenvalue weighted by atomic mass is 32.1. The Bertz CT molecular complexity index is 448. The van der Waals surface area contributed by atoms with Crippen LogP contribution in [-0.4, -0.2) is 15.4 Å². The number of anilines is 1. The van der Waals surface area contributed by atoms with Crippen LogP contribution >= 0.6 is 11.5 Å². The Morgan fingerprint density at radius 3 is 2.58 bits per heavy atom. The van der Waals surface area contributed by atoms with E-state index in [1.54, 1.807) is 0 Å². The van der Waals surface area contributed by atoms with Gasteiger partial charge in [-0.3, -0.25) is 0 Å². The maximum atomic E-state index is 4.65. The molecule has 2 fully saturated rings. The molecule has 2 aliphatic carbocycles. The normalized spacial score (nSPS) is 31.7. The SMILES string of the molecule is CC(Nc1nc(C(C)(C)C)ns1)C1CC2CCC1C2. The zero-order valence-electron chi connectivity index (χ0n) is 12.4. The minimum Gasteiger partial charge on any atom is -0.358 e. The minimum atomic E-state index is 0.0477. The predicted octanol–water partition coefficient (Wildman–Crippen LogP) is 4.07. The Morgan fingerprint density at radius 1 is 1.26 bits per heavy atom. The van der Waals surface area contributed by atoms with Crippen molar-refractivity contribution in [3.63, 3.8) is 0 Å². The first kappa shape index (κ1) is 13.3. The van der Waals surface area contributed by atoms with Crippen LogP contribution in [0.3, 0.4) is 0 Å². The summed E-state index contributed by atoms with van der Waals surface area (Å²) in [5, 5.41) is 4.61. The van der Waals surface area contributed by atoms with Gasteiger partial charge in [-0.1, -0.05) is 27.2 Å². The molecule has 1 N–H and O–H groups in total. The van der Waals surface area contributed by atoms with Gasteiger partial charge in [0.25, 0.3) is 0 Å². The molecule has 3 nitrogen and oxygen atoms in total. The summed E-state index contributed by atoms with van der Waals surface area (Å²) in [6.45, 7) is 8.82. The van der Waals surface area contributed by atoms with E-state index >= 15 is 0 Å². The van der Waals surface area contributed by atoms with Gasteiger partial charge in [-0.05, 0) is 43.9 Å². The minimum absolute atomic E-state index is 0.0477. The number of nitrogens with one attached hydrogen (secondary N) is 1. The lowest BCUT2D eigenvalue weighted by Gasteiger charge is -2.28. The zero-order chi connectivity index (χ0) is 13.6. The van der Waals surface area contributed by atoms with Gasteiger partial charge in [0.2, 0.25) is 5.13 Å². The summed E-state index contributed by atoms with van der Waals surface area (Å²) in [6, 6.07) is 0.538. The zero-order valence-corrected chi connectivity index (χ0v) is 13.3. The molecule has 1 aromatic rings. The Kier molecular flexibility index (Phi) is 3.32. The van der Waals surface area contributed by atoms with Crippen molar-refractivity contribution in [1.29, 1.82) is 0 Å². The second-order valence-corrected chi connectivity index (χ2v) is 8.20. The van der Waals surface area contributed by atoms with Crippen LogP contribution in [0.4, 0.5) is 5.13 Å². The molecule has 2 saturated carbocycles. The third-order valence-corrected chi connectivity index (χ3v) is 5.53. The lowest BCUT2D eigenvalue weighted by molar-refractivity contribution is 0.304. The predicted molar refractivity (Wildman–Crippen MR) is 80.6 cm³/mol. The second-order valence-electron chi connectivity index (χ2n) is 7.44. The molecule has 2 aliphatic rings. The van der Waals surface area contributed by atoms with Crippen LogP contribution in [0.5, 0.6) is 0 Å². The summed E-state index contributed by atoms with van der Waals surface area (Å²) in [7, 11) is 0. The van der Waals surface area contributed by atoms with Crippen molar-refractivity contribution in [1.82, 2.24) is 9.36 Å². The van der Waals surface area contributed by atoms with Crippen molar-refractivity contribution < 1.29 is 0 Å². The lowest BCUT2D eigenvalue weighted by atomic mass is 9.84. The summed E-state index contributed by atoms with van der Waals surface area (Å²) in [5.74, 6) is 3.78. The molecule has 1 aromatic heterocycles. The molecule has 4 heteroatoms. The van der Waals surface area contributed by atoms with Gasteiger partial charge in [0.1, 0.15) is 5.82 Å². The number of nitrogens with zero attached hydrogens (tertiary/aromatic N) is 2. The second kappa shape index (κ2) is 4.72. The molecule has 0 aliphatic heterocycles. The van der Waals surface area contributed by atoms with E-state index in [9.17, 15) is 0 Å². The van der Waals surface area contributed by atoms with Gasteiger partial charge in [-0.25, -0.2) is 4.98 Å². The number of hydrogen-bond acceptors (Lipinski definition) is 4. The smallest absolute Gasteiger partial charge is 0.202 e. The van der Waals surface area contributed by atoms with Gasteiger partial charge in [-0.2, -0.15) is 4.37 Å². The van der Waals surface area contributed by atoms with E-state index in [0.717, 1.165) is 28.7 Å².